The molecule has 2 nitrogen and oxygen atoms in total. The van der Waals surface area contributed by atoms with Crippen molar-refractivity contribution in [2.75, 3.05) is 13.2 Å². The number of rotatable bonds is 1. The molecule has 0 unspecified atom stereocenters. The van der Waals surface area contributed by atoms with Crippen LogP contribution < -0.4 is 0 Å². The predicted molar refractivity (Wildman–Crippen MR) is 38.2 cm³/mol. The van der Waals surface area contributed by atoms with Crippen LogP contribution in [0.4, 0.5) is 8.78 Å². The van der Waals surface area contributed by atoms with E-state index in [-0.39, 0.29) is 12.0 Å². The van der Waals surface area contributed by atoms with E-state index in [0.717, 1.165) is 6.42 Å². The van der Waals surface area contributed by atoms with Crippen molar-refractivity contribution < 1.29 is 18.3 Å². The topological polar surface area (TPSA) is 18.5 Å². The monoisotopic (exact) mass is 178 g/mol. The summed E-state index contributed by atoms with van der Waals surface area (Å²) in [5.41, 5.74) is 0. The van der Waals surface area contributed by atoms with E-state index in [4.69, 9.17) is 9.47 Å². The van der Waals surface area contributed by atoms with Crippen LogP contribution in [-0.2, 0) is 9.47 Å². The maximum absolute atomic E-state index is 13.0. The number of hydrogen-bond acceptors (Lipinski definition) is 2. The van der Waals surface area contributed by atoms with Gasteiger partial charge < -0.3 is 9.47 Å². The normalized spacial score (nSPS) is 44.8. The molecule has 0 aromatic heterocycles. The van der Waals surface area contributed by atoms with Crippen molar-refractivity contribution in [3.8, 4) is 0 Å². The Balaban J connectivity index is 2.11. The number of fused-ring (bicyclic) bond motifs is 1. The molecule has 0 amide bonds. The van der Waals surface area contributed by atoms with Crippen molar-refractivity contribution in [3.63, 3.8) is 0 Å². The lowest BCUT2D eigenvalue weighted by atomic mass is 9.98. The van der Waals surface area contributed by atoms with Gasteiger partial charge in [0, 0.05) is 5.92 Å². The Morgan fingerprint density at radius 3 is 2.83 bits per heavy atom. The zero-order chi connectivity index (χ0) is 8.77. The van der Waals surface area contributed by atoms with E-state index in [1.165, 1.54) is 0 Å². The van der Waals surface area contributed by atoms with E-state index in [0.29, 0.717) is 6.61 Å². The molecule has 0 radical (unpaired) electrons. The molecule has 0 aromatic carbocycles. The molecule has 0 aromatic rings. The highest BCUT2D eigenvalue weighted by atomic mass is 19.3. The first kappa shape index (κ1) is 8.38. The lowest BCUT2D eigenvalue weighted by Crippen LogP contribution is -2.34. The molecular formula is C8H12F2O2. The zero-order valence-electron chi connectivity index (χ0n) is 6.93. The third-order valence-corrected chi connectivity index (χ3v) is 2.66. The quantitative estimate of drug-likeness (QED) is 0.605. The van der Waals surface area contributed by atoms with Crippen LogP contribution in [0, 0.1) is 5.92 Å². The minimum atomic E-state index is -2.77. The van der Waals surface area contributed by atoms with Crippen molar-refractivity contribution in [1.82, 2.24) is 0 Å². The lowest BCUT2D eigenvalue weighted by molar-refractivity contribution is -0.0955. The highest BCUT2D eigenvalue weighted by molar-refractivity contribution is 4.98. The van der Waals surface area contributed by atoms with Gasteiger partial charge in [-0.05, 0) is 6.42 Å². The number of halogens is 2. The first-order chi connectivity index (χ1) is 5.65. The van der Waals surface area contributed by atoms with Gasteiger partial charge in [-0.15, -0.1) is 0 Å². The Hall–Kier alpha value is -0.220. The van der Waals surface area contributed by atoms with Crippen LogP contribution in [0.2, 0.25) is 0 Å². The molecule has 3 atom stereocenters. The summed E-state index contributed by atoms with van der Waals surface area (Å²) in [6, 6.07) is 0. The van der Waals surface area contributed by atoms with Crippen LogP contribution in [0.1, 0.15) is 13.3 Å². The Morgan fingerprint density at radius 1 is 1.42 bits per heavy atom. The summed E-state index contributed by atoms with van der Waals surface area (Å²) in [5, 5.41) is 0. The summed E-state index contributed by atoms with van der Waals surface area (Å²) >= 11 is 0. The van der Waals surface area contributed by atoms with Gasteiger partial charge in [0.05, 0.1) is 12.7 Å². The average Bonchev–Trinajstić information content (AvgIpc) is 2.53. The molecule has 2 aliphatic heterocycles. The second-order valence-electron chi connectivity index (χ2n) is 3.46. The number of ether oxygens (including phenoxy) is 2. The standard InChI is InChI=1S/C8H12F2O2/c1-2-5-3-11-7-6(5)12-4-8(7,9)10/h5-7H,2-4H2,1H3/t5-,6+,7-/m0/s1. The minimum Gasteiger partial charge on any atom is -0.369 e. The molecule has 0 bridgehead atoms. The Bertz CT molecular complexity index is 184. The van der Waals surface area contributed by atoms with Crippen LogP contribution in [0.3, 0.4) is 0 Å². The summed E-state index contributed by atoms with van der Waals surface area (Å²) in [7, 11) is 0. The smallest absolute Gasteiger partial charge is 0.299 e. The van der Waals surface area contributed by atoms with E-state index in [1.54, 1.807) is 0 Å². The summed E-state index contributed by atoms with van der Waals surface area (Å²) in [6.45, 7) is 1.91. The van der Waals surface area contributed by atoms with Gasteiger partial charge in [0.25, 0.3) is 5.92 Å². The molecule has 0 aliphatic carbocycles. The van der Waals surface area contributed by atoms with Gasteiger partial charge in [0.15, 0.2) is 0 Å². The van der Waals surface area contributed by atoms with Gasteiger partial charge in [-0.1, -0.05) is 6.92 Å². The van der Waals surface area contributed by atoms with Gasteiger partial charge >= 0.3 is 0 Å². The summed E-state index contributed by atoms with van der Waals surface area (Å²) in [5.74, 6) is -2.61. The Labute approximate surface area is 69.8 Å². The predicted octanol–water partition coefficient (Wildman–Crippen LogP) is 1.45. The maximum atomic E-state index is 13.0. The molecule has 4 heteroatoms. The fraction of sp³-hybridized carbons (Fsp3) is 1.00. The lowest BCUT2D eigenvalue weighted by Gasteiger charge is -2.14. The first-order valence-corrected chi connectivity index (χ1v) is 4.26. The first-order valence-electron chi connectivity index (χ1n) is 4.26. The van der Waals surface area contributed by atoms with Crippen molar-refractivity contribution in [1.29, 1.82) is 0 Å². The third kappa shape index (κ3) is 1.05. The van der Waals surface area contributed by atoms with E-state index < -0.39 is 18.6 Å². The van der Waals surface area contributed by atoms with Gasteiger partial charge in [-0.25, -0.2) is 8.78 Å². The van der Waals surface area contributed by atoms with Gasteiger partial charge in [0.1, 0.15) is 12.7 Å². The third-order valence-electron chi connectivity index (χ3n) is 2.66. The molecule has 2 rings (SSSR count). The molecule has 2 saturated heterocycles. The molecule has 2 heterocycles. The molecule has 0 saturated carbocycles. The molecule has 12 heavy (non-hydrogen) atoms. The Morgan fingerprint density at radius 2 is 2.17 bits per heavy atom. The van der Waals surface area contributed by atoms with Gasteiger partial charge in [-0.2, -0.15) is 0 Å². The van der Waals surface area contributed by atoms with Crippen LogP contribution in [0.15, 0.2) is 0 Å². The molecule has 0 N–H and O–H groups in total. The number of hydrogen-bond donors (Lipinski definition) is 0. The zero-order valence-corrected chi connectivity index (χ0v) is 6.93. The molecule has 0 spiro atoms. The van der Waals surface area contributed by atoms with Crippen molar-refractivity contribution in [2.24, 2.45) is 5.92 Å². The van der Waals surface area contributed by atoms with Crippen molar-refractivity contribution in [2.45, 2.75) is 31.5 Å². The number of alkyl halides is 2. The minimum absolute atomic E-state index is 0.156. The van der Waals surface area contributed by atoms with Gasteiger partial charge in [-0.3, -0.25) is 0 Å². The SMILES string of the molecule is CC[C@H]1CO[C@H]2[C@@H]1OCC2(F)F. The summed E-state index contributed by atoms with van der Waals surface area (Å²) < 4.78 is 36.0. The van der Waals surface area contributed by atoms with E-state index in [9.17, 15) is 8.78 Å². The van der Waals surface area contributed by atoms with Crippen molar-refractivity contribution in [3.05, 3.63) is 0 Å². The fourth-order valence-electron chi connectivity index (χ4n) is 1.89. The Kier molecular flexibility index (Phi) is 1.84. The summed E-state index contributed by atoms with van der Waals surface area (Å²) in [6.07, 6.45) is -0.510. The fourth-order valence-corrected chi connectivity index (χ4v) is 1.89. The summed E-state index contributed by atoms with van der Waals surface area (Å²) in [4.78, 5) is 0. The highest BCUT2D eigenvalue weighted by Crippen LogP contribution is 2.41. The van der Waals surface area contributed by atoms with Gasteiger partial charge in [0.2, 0.25) is 0 Å². The second-order valence-corrected chi connectivity index (χ2v) is 3.46. The van der Waals surface area contributed by atoms with Crippen LogP contribution in [0.25, 0.3) is 0 Å². The molecule has 70 valence electrons. The van der Waals surface area contributed by atoms with Crippen LogP contribution >= 0.6 is 0 Å². The molecular weight excluding hydrogens is 166 g/mol. The molecule has 2 fully saturated rings. The van der Waals surface area contributed by atoms with E-state index in [1.807, 2.05) is 6.92 Å². The van der Waals surface area contributed by atoms with E-state index >= 15 is 0 Å². The molecule has 2 aliphatic rings. The van der Waals surface area contributed by atoms with Crippen LogP contribution in [-0.4, -0.2) is 31.3 Å². The van der Waals surface area contributed by atoms with E-state index in [2.05, 4.69) is 0 Å². The van der Waals surface area contributed by atoms with Crippen molar-refractivity contribution >= 4 is 0 Å². The largest absolute Gasteiger partial charge is 0.369 e. The van der Waals surface area contributed by atoms with Crippen LogP contribution in [0.5, 0.6) is 0 Å². The average molecular weight is 178 g/mol. The highest BCUT2D eigenvalue weighted by Gasteiger charge is 2.57. The second kappa shape index (κ2) is 2.64. The maximum Gasteiger partial charge on any atom is 0.299 e.